The Hall–Kier alpha value is -1.26. The Morgan fingerprint density at radius 2 is 1.88 bits per heavy atom. The quantitative estimate of drug-likeness (QED) is 0.719. The van der Waals surface area contributed by atoms with Gasteiger partial charge in [0.25, 0.3) is 0 Å². The molecular weight excluding hydrogens is 220 g/mol. The summed E-state index contributed by atoms with van der Waals surface area (Å²) in [4.78, 5) is 24.4. The van der Waals surface area contributed by atoms with Crippen LogP contribution in [0.3, 0.4) is 0 Å². The Morgan fingerprint density at radius 3 is 2.24 bits per heavy atom. The summed E-state index contributed by atoms with van der Waals surface area (Å²) in [6, 6.07) is -1.09. The fraction of sp³-hybridized carbons (Fsp3) is 0.833. The van der Waals surface area contributed by atoms with Gasteiger partial charge in [-0.15, -0.1) is 0 Å². The lowest BCUT2D eigenvalue weighted by atomic mass is 10.0. The minimum absolute atomic E-state index is 0.234. The van der Waals surface area contributed by atoms with Gasteiger partial charge in [0.05, 0.1) is 0 Å². The maximum Gasteiger partial charge on any atom is 0.326 e. The summed E-state index contributed by atoms with van der Waals surface area (Å²) in [5.74, 6) is -0.739. The lowest BCUT2D eigenvalue weighted by Crippen LogP contribution is -2.48. The lowest BCUT2D eigenvalue weighted by molar-refractivity contribution is -0.139. The Balaban J connectivity index is 4.42. The van der Waals surface area contributed by atoms with E-state index in [9.17, 15) is 9.59 Å². The topological polar surface area (TPSA) is 69.6 Å². The molecule has 0 fully saturated rings. The van der Waals surface area contributed by atoms with Crippen LogP contribution in [0.15, 0.2) is 0 Å². The molecule has 5 nitrogen and oxygen atoms in total. The van der Waals surface area contributed by atoms with Crippen molar-refractivity contribution in [2.75, 3.05) is 13.1 Å². The zero-order chi connectivity index (χ0) is 13.4. The molecule has 0 aliphatic heterocycles. The van der Waals surface area contributed by atoms with Gasteiger partial charge < -0.3 is 15.3 Å². The number of hydrogen-bond donors (Lipinski definition) is 2. The maximum absolute atomic E-state index is 11.8. The van der Waals surface area contributed by atoms with E-state index in [1.807, 2.05) is 27.7 Å². The minimum Gasteiger partial charge on any atom is -0.480 e. The van der Waals surface area contributed by atoms with Crippen molar-refractivity contribution in [1.82, 2.24) is 10.2 Å². The van der Waals surface area contributed by atoms with Crippen molar-refractivity contribution in [1.29, 1.82) is 0 Å². The first kappa shape index (κ1) is 15.7. The van der Waals surface area contributed by atoms with Gasteiger partial charge in [0.1, 0.15) is 6.04 Å². The van der Waals surface area contributed by atoms with Crippen molar-refractivity contribution >= 4 is 12.0 Å². The van der Waals surface area contributed by atoms with E-state index in [4.69, 9.17) is 5.11 Å². The predicted molar refractivity (Wildman–Crippen MR) is 66.9 cm³/mol. The fourth-order valence-corrected chi connectivity index (χ4v) is 1.61. The lowest BCUT2D eigenvalue weighted by Gasteiger charge is -2.24. The first-order valence-electron chi connectivity index (χ1n) is 6.20. The molecule has 0 unspecified atom stereocenters. The van der Waals surface area contributed by atoms with E-state index in [2.05, 4.69) is 5.32 Å². The van der Waals surface area contributed by atoms with Crippen molar-refractivity contribution in [2.24, 2.45) is 5.92 Å². The molecule has 1 atom stereocenters. The minimum atomic E-state index is -0.973. The number of carboxylic acids is 1. The van der Waals surface area contributed by atoms with Gasteiger partial charge in [0.15, 0.2) is 0 Å². The molecule has 0 aromatic rings. The van der Waals surface area contributed by atoms with Crippen LogP contribution in [-0.2, 0) is 4.79 Å². The highest BCUT2D eigenvalue weighted by molar-refractivity contribution is 5.82. The van der Waals surface area contributed by atoms with Gasteiger partial charge in [-0.05, 0) is 25.7 Å². The van der Waals surface area contributed by atoms with Crippen LogP contribution in [-0.4, -0.2) is 41.1 Å². The summed E-state index contributed by atoms with van der Waals surface area (Å²) in [5.41, 5.74) is 0. The smallest absolute Gasteiger partial charge is 0.326 e. The maximum atomic E-state index is 11.8. The van der Waals surface area contributed by atoms with Crippen molar-refractivity contribution in [3.63, 3.8) is 0 Å². The highest BCUT2D eigenvalue weighted by Crippen LogP contribution is 2.05. The molecule has 100 valence electrons. The number of aliphatic carboxylic acids is 1. The van der Waals surface area contributed by atoms with Crippen molar-refractivity contribution in [3.8, 4) is 0 Å². The van der Waals surface area contributed by atoms with Crippen LogP contribution in [0, 0.1) is 5.92 Å². The third-order valence-corrected chi connectivity index (χ3v) is 2.47. The van der Waals surface area contributed by atoms with Gasteiger partial charge in [-0.1, -0.05) is 20.8 Å². The molecule has 0 aromatic carbocycles. The van der Waals surface area contributed by atoms with Crippen LogP contribution >= 0.6 is 0 Å². The van der Waals surface area contributed by atoms with Crippen LogP contribution < -0.4 is 5.32 Å². The molecule has 0 rings (SSSR count). The molecule has 17 heavy (non-hydrogen) atoms. The van der Waals surface area contributed by atoms with Crippen LogP contribution in [0.5, 0.6) is 0 Å². The number of rotatable bonds is 7. The molecule has 2 N–H and O–H groups in total. The van der Waals surface area contributed by atoms with Crippen LogP contribution in [0.4, 0.5) is 4.79 Å². The van der Waals surface area contributed by atoms with Crippen LogP contribution in [0.25, 0.3) is 0 Å². The van der Waals surface area contributed by atoms with Crippen molar-refractivity contribution in [2.45, 2.75) is 46.6 Å². The molecule has 0 aromatic heterocycles. The monoisotopic (exact) mass is 244 g/mol. The van der Waals surface area contributed by atoms with E-state index in [0.29, 0.717) is 19.5 Å². The van der Waals surface area contributed by atoms with Gasteiger partial charge in [-0.3, -0.25) is 0 Å². The van der Waals surface area contributed by atoms with Gasteiger partial charge in [-0.2, -0.15) is 0 Å². The van der Waals surface area contributed by atoms with Gasteiger partial charge in [0, 0.05) is 13.1 Å². The first-order valence-corrected chi connectivity index (χ1v) is 6.20. The number of nitrogens with zero attached hydrogens (tertiary/aromatic N) is 1. The van der Waals surface area contributed by atoms with E-state index >= 15 is 0 Å². The van der Waals surface area contributed by atoms with Crippen molar-refractivity contribution < 1.29 is 14.7 Å². The zero-order valence-electron chi connectivity index (χ0n) is 11.2. The van der Waals surface area contributed by atoms with Crippen molar-refractivity contribution in [3.05, 3.63) is 0 Å². The highest BCUT2D eigenvalue weighted by Gasteiger charge is 2.22. The summed E-state index contributed by atoms with van der Waals surface area (Å²) < 4.78 is 0. The standard InChI is InChI=1S/C12H24N2O3/c1-5-7-14(6-2)12(17)13-10(11(15)16)8-9(3)4/h9-10H,5-8H2,1-4H3,(H,13,17)(H,15,16)/t10-/m0/s1. The number of amides is 2. The second-order valence-corrected chi connectivity index (χ2v) is 4.55. The highest BCUT2D eigenvalue weighted by atomic mass is 16.4. The number of carboxylic acid groups (broad SMARTS) is 1. The summed E-state index contributed by atoms with van der Waals surface area (Å²) >= 11 is 0. The summed E-state index contributed by atoms with van der Waals surface area (Å²) in [6.45, 7) is 8.98. The number of hydrogen-bond acceptors (Lipinski definition) is 2. The molecule has 0 heterocycles. The Morgan fingerprint density at radius 1 is 1.29 bits per heavy atom. The van der Waals surface area contributed by atoms with E-state index in [-0.39, 0.29) is 11.9 Å². The number of urea groups is 1. The third-order valence-electron chi connectivity index (χ3n) is 2.47. The Labute approximate surface area is 103 Å². The number of nitrogens with one attached hydrogen (secondary N) is 1. The molecular formula is C12H24N2O3. The van der Waals surface area contributed by atoms with Crippen LogP contribution in [0.2, 0.25) is 0 Å². The van der Waals surface area contributed by atoms with E-state index in [0.717, 1.165) is 6.42 Å². The molecule has 5 heteroatoms. The Bertz CT molecular complexity index is 254. The van der Waals surface area contributed by atoms with E-state index in [1.54, 1.807) is 4.90 Å². The summed E-state index contributed by atoms with van der Waals surface area (Å²) in [5, 5.41) is 11.6. The molecule has 0 spiro atoms. The molecule has 0 saturated heterocycles. The fourth-order valence-electron chi connectivity index (χ4n) is 1.61. The second-order valence-electron chi connectivity index (χ2n) is 4.55. The average molecular weight is 244 g/mol. The molecule has 0 aliphatic carbocycles. The van der Waals surface area contributed by atoms with E-state index < -0.39 is 12.0 Å². The average Bonchev–Trinajstić information content (AvgIpc) is 2.23. The Kier molecular flexibility index (Phi) is 7.34. The van der Waals surface area contributed by atoms with Gasteiger partial charge in [0.2, 0.25) is 0 Å². The summed E-state index contributed by atoms with van der Waals surface area (Å²) in [6.07, 6.45) is 1.31. The molecule has 0 bridgehead atoms. The second kappa shape index (κ2) is 7.92. The van der Waals surface area contributed by atoms with Gasteiger partial charge >= 0.3 is 12.0 Å². The largest absolute Gasteiger partial charge is 0.480 e. The van der Waals surface area contributed by atoms with E-state index in [1.165, 1.54) is 0 Å². The molecule has 0 radical (unpaired) electrons. The molecule has 0 aliphatic rings. The van der Waals surface area contributed by atoms with Crippen LogP contribution in [0.1, 0.15) is 40.5 Å². The number of carbonyl (C=O) groups is 2. The van der Waals surface area contributed by atoms with Gasteiger partial charge in [-0.25, -0.2) is 9.59 Å². The SMILES string of the molecule is CCCN(CC)C(=O)N[C@@H](CC(C)C)C(=O)O. The zero-order valence-corrected chi connectivity index (χ0v) is 11.2. The summed E-state index contributed by atoms with van der Waals surface area (Å²) in [7, 11) is 0. The third kappa shape index (κ3) is 6.14. The molecule has 0 saturated carbocycles. The normalized spacial score (nSPS) is 12.3. The first-order chi connectivity index (χ1) is 7.92. The molecule has 2 amide bonds. The predicted octanol–water partition coefficient (Wildman–Crippen LogP) is 1.93. The number of carbonyl (C=O) groups excluding carboxylic acids is 1.